The fourth-order valence-electron chi connectivity index (χ4n) is 3.75. The Balaban J connectivity index is 1.92. The molecule has 138 valence electrons. The summed E-state index contributed by atoms with van der Waals surface area (Å²) < 4.78 is 26.1. The molecule has 5 nitrogen and oxygen atoms in total. The minimum atomic E-state index is -3.36. The number of hydrogen-bond donors (Lipinski definition) is 0. The predicted octanol–water partition coefficient (Wildman–Crippen LogP) is 3.67. The van der Waals surface area contributed by atoms with Crippen molar-refractivity contribution < 1.29 is 13.2 Å². The van der Waals surface area contributed by atoms with E-state index in [2.05, 4.69) is 6.92 Å². The van der Waals surface area contributed by atoms with Gasteiger partial charge in [0.05, 0.1) is 16.5 Å². The molecule has 2 saturated heterocycles. The molecule has 2 aliphatic rings. The first kappa shape index (κ1) is 18.5. The van der Waals surface area contributed by atoms with Crippen molar-refractivity contribution in [2.45, 2.75) is 51.5 Å². The van der Waals surface area contributed by atoms with Gasteiger partial charge in [-0.1, -0.05) is 18.5 Å². The average molecular weight is 385 g/mol. The van der Waals surface area contributed by atoms with Gasteiger partial charge in [0.25, 0.3) is 5.91 Å². The van der Waals surface area contributed by atoms with Gasteiger partial charge in [-0.2, -0.15) is 0 Å². The van der Waals surface area contributed by atoms with Crippen LogP contribution >= 0.6 is 11.6 Å². The Bertz CT molecular complexity index is 751. The molecule has 0 bridgehead atoms. The van der Waals surface area contributed by atoms with E-state index in [1.807, 2.05) is 4.90 Å². The lowest BCUT2D eigenvalue weighted by Gasteiger charge is -2.35. The Labute approximate surface area is 155 Å². The van der Waals surface area contributed by atoms with Crippen LogP contribution < -0.4 is 4.31 Å². The lowest BCUT2D eigenvalue weighted by atomic mass is 9.99. The van der Waals surface area contributed by atoms with E-state index in [0.29, 0.717) is 29.2 Å². The molecule has 2 fully saturated rings. The van der Waals surface area contributed by atoms with Crippen LogP contribution in [0.2, 0.25) is 5.02 Å². The summed E-state index contributed by atoms with van der Waals surface area (Å²) in [5, 5.41) is 0.368. The molecule has 2 heterocycles. The number of piperidine rings is 1. The average Bonchev–Trinajstić information content (AvgIpc) is 2.61. The molecule has 1 atom stereocenters. The summed E-state index contributed by atoms with van der Waals surface area (Å²) in [5.74, 6) is 0.102. The number of carbonyl (C=O) groups is 1. The fourth-order valence-corrected chi connectivity index (χ4v) is 5.67. The van der Waals surface area contributed by atoms with Crippen molar-refractivity contribution in [1.82, 2.24) is 4.90 Å². The zero-order valence-electron chi connectivity index (χ0n) is 14.6. The van der Waals surface area contributed by atoms with Crippen molar-refractivity contribution in [2.24, 2.45) is 0 Å². The van der Waals surface area contributed by atoms with Gasteiger partial charge in [-0.15, -0.1) is 0 Å². The van der Waals surface area contributed by atoms with Gasteiger partial charge in [0.1, 0.15) is 0 Å². The minimum Gasteiger partial charge on any atom is -0.336 e. The van der Waals surface area contributed by atoms with Crippen LogP contribution in [0.5, 0.6) is 0 Å². The van der Waals surface area contributed by atoms with E-state index < -0.39 is 10.0 Å². The predicted molar refractivity (Wildman–Crippen MR) is 101 cm³/mol. The first-order chi connectivity index (χ1) is 11.9. The molecule has 7 heteroatoms. The van der Waals surface area contributed by atoms with E-state index in [0.717, 1.165) is 38.6 Å². The Kier molecular flexibility index (Phi) is 5.58. The Morgan fingerprint density at radius 2 is 1.96 bits per heavy atom. The first-order valence-electron chi connectivity index (χ1n) is 9.05. The quantitative estimate of drug-likeness (QED) is 0.798. The molecule has 0 aromatic heterocycles. The molecule has 3 rings (SSSR count). The monoisotopic (exact) mass is 384 g/mol. The number of amides is 1. The number of anilines is 1. The molecule has 0 N–H and O–H groups in total. The van der Waals surface area contributed by atoms with Crippen LogP contribution in [0.1, 0.15) is 55.8 Å². The van der Waals surface area contributed by atoms with Crippen LogP contribution in [0.3, 0.4) is 0 Å². The van der Waals surface area contributed by atoms with Crippen molar-refractivity contribution >= 4 is 33.2 Å². The van der Waals surface area contributed by atoms with Gasteiger partial charge in [-0.05, 0) is 56.7 Å². The fraction of sp³-hybridized carbons (Fsp3) is 0.611. The third kappa shape index (κ3) is 3.80. The molecule has 0 radical (unpaired) electrons. The summed E-state index contributed by atoms with van der Waals surface area (Å²) in [7, 11) is -3.36. The third-order valence-electron chi connectivity index (χ3n) is 5.17. The minimum absolute atomic E-state index is 0.0288. The Hall–Kier alpha value is -1.27. The standard InChI is InChI=1S/C18H25ClN2O3S/c1-2-15-7-3-4-10-20(15)18(22)14-8-9-16(19)17(13-14)21-11-5-6-12-25(21,23)24/h8-9,13,15H,2-7,10-12H2,1H3. The van der Waals surface area contributed by atoms with Gasteiger partial charge in [0.15, 0.2) is 0 Å². The van der Waals surface area contributed by atoms with Gasteiger partial charge in [-0.25, -0.2) is 8.42 Å². The summed E-state index contributed by atoms with van der Waals surface area (Å²) in [6.07, 6.45) is 5.61. The van der Waals surface area contributed by atoms with Crippen molar-refractivity contribution in [3.05, 3.63) is 28.8 Å². The smallest absolute Gasteiger partial charge is 0.254 e. The molecular weight excluding hydrogens is 360 g/mol. The molecule has 1 aromatic rings. The van der Waals surface area contributed by atoms with Crippen molar-refractivity contribution in [2.75, 3.05) is 23.1 Å². The number of rotatable bonds is 3. The molecular formula is C18H25ClN2O3S. The van der Waals surface area contributed by atoms with Crippen molar-refractivity contribution in [3.8, 4) is 0 Å². The van der Waals surface area contributed by atoms with Crippen LogP contribution in [-0.4, -0.2) is 44.1 Å². The van der Waals surface area contributed by atoms with E-state index in [-0.39, 0.29) is 17.7 Å². The number of halogens is 1. The van der Waals surface area contributed by atoms with Gasteiger partial charge < -0.3 is 4.90 Å². The summed E-state index contributed by atoms with van der Waals surface area (Å²) in [5.41, 5.74) is 0.942. The maximum atomic E-state index is 13.0. The molecule has 25 heavy (non-hydrogen) atoms. The topological polar surface area (TPSA) is 57.7 Å². The lowest BCUT2D eigenvalue weighted by molar-refractivity contribution is 0.0608. The maximum absolute atomic E-state index is 13.0. The number of benzene rings is 1. The Morgan fingerprint density at radius 3 is 2.68 bits per heavy atom. The van der Waals surface area contributed by atoms with Crippen LogP contribution in [0.15, 0.2) is 18.2 Å². The zero-order chi connectivity index (χ0) is 18.0. The van der Waals surface area contributed by atoms with Crippen molar-refractivity contribution in [3.63, 3.8) is 0 Å². The van der Waals surface area contributed by atoms with Crippen LogP contribution in [-0.2, 0) is 10.0 Å². The molecule has 1 aromatic carbocycles. The van der Waals surface area contributed by atoms with Crippen LogP contribution in [0.4, 0.5) is 5.69 Å². The van der Waals surface area contributed by atoms with Gasteiger partial charge in [0.2, 0.25) is 10.0 Å². The molecule has 0 spiro atoms. The third-order valence-corrected chi connectivity index (χ3v) is 7.35. The second-order valence-electron chi connectivity index (χ2n) is 6.82. The summed E-state index contributed by atoms with van der Waals surface area (Å²) in [4.78, 5) is 14.9. The highest BCUT2D eigenvalue weighted by molar-refractivity contribution is 7.92. The number of hydrogen-bond acceptors (Lipinski definition) is 3. The van der Waals surface area contributed by atoms with Gasteiger partial charge in [-0.3, -0.25) is 9.10 Å². The van der Waals surface area contributed by atoms with Gasteiger partial charge >= 0.3 is 0 Å². The second kappa shape index (κ2) is 7.54. The number of likely N-dealkylation sites (tertiary alicyclic amines) is 1. The zero-order valence-corrected chi connectivity index (χ0v) is 16.2. The van der Waals surface area contributed by atoms with Crippen LogP contribution in [0.25, 0.3) is 0 Å². The summed E-state index contributed by atoms with van der Waals surface area (Å²) in [6.45, 7) is 3.28. The molecule has 0 saturated carbocycles. The summed E-state index contributed by atoms with van der Waals surface area (Å²) in [6, 6.07) is 5.25. The van der Waals surface area contributed by atoms with E-state index in [4.69, 9.17) is 11.6 Å². The highest BCUT2D eigenvalue weighted by atomic mass is 35.5. The second-order valence-corrected chi connectivity index (χ2v) is 9.24. The van der Waals surface area contributed by atoms with Crippen LogP contribution in [0, 0.1) is 0 Å². The normalized spacial score (nSPS) is 23.5. The Morgan fingerprint density at radius 1 is 1.20 bits per heavy atom. The van der Waals surface area contributed by atoms with E-state index in [1.165, 1.54) is 4.31 Å². The molecule has 2 aliphatic heterocycles. The van der Waals surface area contributed by atoms with E-state index >= 15 is 0 Å². The maximum Gasteiger partial charge on any atom is 0.254 e. The molecule has 0 aliphatic carbocycles. The SMILES string of the molecule is CCC1CCCCN1C(=O)c1ccc(Cl)c(N2CCCCS2(=O)=O)c1. The lowest BCUT2D eigenvalue weighted by Crippen LogP contribution is -2.43. The highest BCUT2D eigenvalue weighted by Gasteiger charge is 2.30. The largest absolute Gasteiger partial charge is 0.336 e. The number of sulfonamides is 1. The first-order valence-corrected chi connectivity index (χ1v) is 11.0. The number of nitrogens with zero attached hydrogens (tertiary/aromatic N) is 2. The van der Waals surface area contributed by atoms with Crippen molar-refractivity contribution in [1.29, 1.82) is 0 Å². The number of carbonyl (C=O) groups excluding carboxylic acids is 1. The highest BCUT2D eigenvalue weighted by Crippen LogP contribution is 2.32. The molecule has 1 unspecified atom stereocenters. The molecule has 1 amide bonds. The van der Waals surface area contributed by atoms with E-state index in [1.54, 1.807) is 18.2 Å². The van der Waals surface area contributed by atoms with E-state index in [9.17, 15) is 13.2 Å². The summed E-state index contributed by atoms with van der Waals surface area (Å²) >= 11 is 6.27. The van der Waals surface area contributed by atoms with Gasteiger partial charge in [0, 0.05) is 24.7 Å².